The number of carbonyl (C=O) groups excluding carboxylic acids is 1. The van der Waals surface area contributed by atoms with Crippen LogP contribution < -0.4 is 5.32 Å². The van der Waals surface area contributed by atoms with Crippen LogP contribution in [0.1, 0.15) is 41.0 Å². The summed E-state index contributed by atoms with van der Waals surface area (Å²) in [5.41, 5.74) is 4.41. The summed E-state index contributed by atoms with van der Waals surface area (Å²) in [6.45, 7) is 1.91. The number of nitrogens with one attached hydrogen (secondary N) is 1. The average molecular weight is 321 g/mol. The van der Waals surface area contributed by atoms with Crippen LogP contribution >= 0.6 is 0 Å². The second-order valence-electron chi connectivity index (χ2n) is 5.93. The molecule has 3 N–H and O–H groups in total. The minimum atomic E-state index is -0.0532. The second kappa shape index (κ2) is 6.77. The molecule has 4 heteroatoms. The van der Waals surface area contributed by atoms with Gasteiger partial charge in [-0.15, -0.1) is 0 Å². The number of aryl methyl sites for hydroxylation is 1. The molecule has 1 heterocycles. The van der Waals surface area contributed by atoms with Crippen molar-refractivity contribution in [1.82, 2.24) is 0 Å². The number of phenols is 1. The molecule has 0 saturated carbocycles. The van der Waals surface area contributed by atoms with E-state index in [9.17, 15) is 9.90 Å². The summed E-state index contributed by atoms with van der Waals surface area (Å²) in [6.07, 6.45) is 0.841. The lowest BCUT2D eigenvalue weighted by atomic mass is 9.83. The van der Waals surface area contributed by atoms with Gasteiger partial charge in [-0.1, -0.05) is 24.0 Å². The van der Waals surface area contributed by atoms with E-state index >= 15 is 0 Å². The normalized spacial score (nSPS) is 15.9. The molecular weight excluding hydrogens is 302 g/mol. The van der Waals surface area contributed by atoms with Crippen LogP contribution in [0.25, 0.3) is 0 Å². The van der Waals surface area contributed by atoms with E-state index in [0.29, 0.717) is 18.5 Å². The number of aromatic hydroxyl groups is 1. The summed E-state index contributed by atoms with van der Waals surface area (Å²) in [7, 11) is 0. The van der Waals surface area contributed by atoms with Gasteiger partial charge in [-0.05, 0) is 41.8 Å². The van der Waals surface area contributed by atoms with Gasteiger partial charge in [0.05, 0.1) is 6.61 Å². The largest absolute Gasteiger partial charge is 0.508 e. The Balaban J connectivity index is 1.94. The zero-order valence-electron chi connectivity index (χ0n) is 13.5. The first-order valence-electron chi connectivity index (χ1n) is 7.91. The fraction of sp³-hybridized carbons (Fsp3) is 0.250. The number of rotatable bonds is 2. The Morgan fingerprint density at radius 1 is 1.25 bits per heavy atom. The third-order valence-corrected chi connectivity index (χ3v) is 4.19. The highest BCUT2D eigenvalue weighted by molar-refractivity contribution is 5.95. The molecule has 0 saturated heterocycles. The maximum atomic E-state index is 12.0. The maximum absolute atomic E-state index is 12.0. The monoisotopic (exact) mass is 321 g/mol. The van der Waals surface area contributed by atoms with Crippen molar-refractivity contribution in [1.29, 1.82) is 0 Å². The van der Waals surface area contributed by atoms with Crippen molar-refractivity contribution >= 4 is 11.6 Å². The summed E-state index contributed by atoms with van der Waals surface area (Å²) in [5, 5.41) is 21.5. The smallest absolute Gasteiger partial charge is 0.225 e. The molecule has 2 aromatic carbocycles. The first-order chi connectivity index (χ1) is 11.6. The zero-order chi connectivity index (χ0) is 17.1. The van der Waals surface area contributed by atoms with Crippen LogP contribution in [0.5, 0.6) is 5.75 Å². The lowest BCUT2D eigenvalue weighted by molar-refractivity contribution is -0.116. The van der Waals surface area contributed by atoms with E-state index in [2.05, 4.69) is 17.2 Å². The Hall–Kier alpha value is -2.77. The van der Waals surface area contributed by atoms with Gasteiger partial charge in [-0.2, -0.15) is 0 Å². The molecule has 3 rings (SSSR count). The van der Waals surface area contributed by atoms with E-state index in [0.717, 1.165) is 22.3 Å². The molecule has 0 aromatic heterocycles. The topological polar surface area (TPSA) is 69.6 Å². The van der Waals surface area contributed by atoms with Gasteiger partial charge in [0, 0.05) is 36.1 Å². The van der Waals surface area contributed by atoms with Crippen LogP contribution in [0.4, 0.5) is 5.69 Å². The van der Waals surface area contributed by atoms with Crippen LogP contribution in [0.3, 0.4) is 0 Å². The molecule has 4 nitrogen and oxygen atoms in total. The maximum Gasteiger partial charge on any atom is 0.225 e. The van der Waals surface area contributed by atoms with Crippen LogP contribution in [-0.2, 0) is 4.79 Å². The minimum Gasteiger partial charge on any atom is -0.508 e. The lowest BCUT2D eigenvalue weighted by Gasteiger charge is -2.26. The van der Waals surface area contributed by atoms with Crippen molar-refractivity contribution in [2.45, 2.75) is 25.7 Å². The standard InChI is InChI=1S/C20H19NO3/c1-13-10-17-16(11-20(24)21-18(17)12-19(13)23)15-7-5-14(6-8-15)4-2-3-9-22/h5-8,10,12,16,22-23H,3,9,11H2,1H3,(H,21,24)/t16-/m0/s1. The number of phenolic OH excluding ortho intramolecular Hbond substituents is 1. The molecule has 1 atom stereocenters. The molecule has 0 fully saturated rings. The molecule has 0 aliphatic carbocycles. The first kappa shape index (κ1) is 16.1. The molecule has 0 bridgehead atoms. The molecular formula is C20H19NO3. The van der Waals surface area contributed by atoms with Gasteiger partial charge in [-0.3, -0.25) is 4.79 Å². The van der Waals surface area contributed by atoms with Crippen LogP contribution in [-0.4, -0.2) is 22.7 Å². The number of amides is 1. The third kappa shape index (κ3) is 3.27. The number of hydrogen-bond donors (Lipinski definition) is 3. The van der Waals surface area contributed by atoms with Gasteiger partial charge in [-0.25, -0.2) is 0 Å². The van der Waals surface area contributed by atoms with Gasteiger partial charge >= 0.3 is 0 Å². The zero-order valence-corrected chi connectivity index (χ0v) is 13.5. The number of aliphatic hydroxyl groups is 1. The Labute approximate surface area is 141 Å². The molecule has 24 heavy (non-hydrogen) atoms. The van der Waals surface area contributed by atoms with E-state index in [1.807, 2.05) is 37.3 Å². The molecule has 1 aliphatic heterocycles. The lowest BCUT2D eigenvalue weighted by Crippen LogP contribution is -2.23. The number of benzene rings is 2. The van der Waals surface area contributed by atoms with E-state index in [1.165, 1.54) is 0 Å². The van der Waals surface area contributed by atoms with Gasteiger partial charge < -0.3 is 15.5 Å². The molecule has 0 unspecified atom stereocenters. The Kier molecular flexibility index (Phi) is 4.54. The number of anilines is 1. The average Bonchev–Trinajstić information content (AvgIpc) is 2.57. The quantitative estimate of drug-likeness (QED) is 0.745. The van der Waals surface area contributed by atoms with E-state index in [1.54, 1.807) is 6.07 Å². The first-order valence-corrected chi connectivity index (χ1v) is 7.91. The van der Waals surface area contributed by atoms with E-state index in [-0.39, 0.29) is 24.2 Å². The highest BCUT2D eigenvalue weighted by Gasteiger charge is 2.27. The predicted molar refractivity (Wildman–Crippen MR) is 93.0 cm³/mol. The highest BCUT2D eigenvalue weighted by Crippen LogP contribution is 2.39. The molecule has 1 aliphatic rings. The van der Waals surface area contributed by atoms with Gasteiger partial charge in [0.2, 0.25) is 5.91 Å². The number of fused-ring (bicyclic) bond motifs is 1. The predicted octanol–water partition coefficient (Wildman–Crippen LogP) is 2.91. The van der Waals surface area contributed by atoms with E-state index < -0.39 is 0 Å². The highest BCUT2D eigenvalue weighted by atomic mass is 16.3. The minimum absolute atomic E-state index is 0.0347. The molecule has 0 spiro atoms. The SMILES string of the molecule is Cc1cc2c(cc1O)NC(=O)C[C@H]2c1ccc(C#CCCO)cc1. The van der Waals surface area contributed by atoms with Gasteiger partial charge in [0.15, 0.2) is 0 Å². The molecule has 0 radical (unpaired) electrons. The Morgan fingerprint density at radius 2 is 2.00 bits per heavy atom. The molecule has 122 valence electrons. The molecule has 1 amide bonds. The second-order valence-corrected chi connectivity index (χ2v) is 5.93. The van der Waals surface area contributed by atoms with Crippen LogP contribution in [0.15, 0.2) is 36.4 Å². The molecule has 2 aromatic rings. The van der Waals surface area contributed by atoms with Gasteiger partial charge in [0.25, 0.3) is 0 Å². The Bertz CT molecular complexity index is 828. The third-order valence-electron chi connectivity index (χ3n) is 4.19. The fourth-order valence-corrected chi connectivity index (χ4v) is 2.93. The van der Waals surface area contributed by atoms with Crippen molar-refractivity contribution in [3.05, 3.63) is 58.7 Å². The van der Waals surface area contributed by atoms with Crippen LogP contribution in [0.2, 0.25) is 0 Å². The summed E-state index contributed by atoms with van der Waals surface area (Å²) in [5.74, 6) is 5.99. The number of aliphatic hydroxyl groups excluding tert-OH is 1. The summed E-state index contributed by atoms with van der Waals surface area (Å²) in [6, 6.07) is 11.4. The summed E-state index contributed by atoms with van der Waals surface area (Å²) in [4.78, 5) is 12.0. The van der Waals surface area contributed by atoms with Crippen molar-refractivity contribution in [3.8, 4) is 17.6 Å². The number of hydrogen-bond acceptors (Lipinski definition) is 3. The number of carbonyl (C=O) groups is 1. The van der Waals surface area contributed by atoms with Crippen molar-refractivity contribution in [2.75, 3.05) is 11.9 Å². The summed E-state index contributed by atoms with van der Waals surface area (Å²) >= 11 is 0. The Morgan fingerprint density at radius 3 is 2.71 bits per heavy atom. The summed E-state index contributed by atoms with van der Waals surface area (Å²) < 4.78 is 0. The van der Waals surface area contributed by atoms with Crippen molar-refractivity contribution in [3.63, 3.8) is 0 Å². The fourth-order valence-electron chi connectivity index (χ4n) is 2.93. The van der Waals surface area contributed by atoms with Crippen LogP contribution in [0, 0.1) is 18.8 Å². The van der Waals surface area contributed by atoms with E-state index in [4.69, 9.17) is 5.11 Å². The van der Waals surface area contributed by atoms with Crippen molar-refractivity contribution in [2.24, 2.45) is 0 Å². The van der Waals surface area contributed by atoms with Crippen molar-refractivity contribution < 1.29 is 15.0 Å². The van der Waals surface area contributed by atoms with Gasteiger partial charge in [0.1, 0.15) is 5.75 Å².